The van der Waals surface area contributed by atoms with Crippen LogP contribution in [0.1, 0.15) is 40.5 Å². The van der Waals surface area contributed by atoms with Crippen LogP contribution >= 0.6 is 0 Å². The van der Waals surface area contributed by atoms with Gasteiger partial charge in [-0.25, -0.2) is 0 Å². The molecule has 0 aliphatic heterocycles. The predicted molar refractivity (Wildman–Crippen MR) is 50.9 cm³/mol. The van der Waals surface area contributed by atoms with Crippen molar-refractivity contribution in [3.63, 3.8) is 0 Å². The zero-order valence-electron chi connectivity index (χ0n) is 8.72. The Hall–Kier alpha value is -0.0800. The minimum Gasteiger partial charge on any atom is -0.376 e. The van der Waals surface area contributed by atoms with E-state index in [2.05, 4.69) is 6.92 Å². The fraction of sp³-hybridized carbons (Fsp3) is 0.900. The summed E-state index contributed by atoms with van der Waals surface area (Å²) in [5.74, 6) is 0. The summed E-state index contributed by atoms with van der Waals surface area (Å²) in [6.45, 7) is 9.63. The molecule has 0 bridgehead atoms. The standard InChI is InChI=1S/C10H21O2/c1-5-6-7-11-10(4)8-12-9(2)3/h9H,5-8H2,1-4H3. The van der Waals surface area contributed by atoms with Gasteiger partial charge in [-0.1, -0.05) is 13.3 Å². The van der Waals surface area contributed by atoms with Crippen LogP contribution in [0, 0.1) is 6.10 Å². The molecule has 0 fully saturated rings. The SMILES string of the molecule is CCCCO[C](C)COC(C)C. The molecule has 0 amide bonds. The van der Waals surface area contributed by atoms with Crippen molar-refractivity contribution in [3.8, 4) is 0 Å². The van der Waals surface area contributed by atoms with Crippen molar-refractivity contribution < 1.29 is 9.47 Å². The lowest BCUT2D eigenvalue weighted by atomic mass is 10.3. The van der Waals surface area contributed by atoms with Crippen molar-refractivity contribution in [3.05, 3.63) is 6.10 Å². The molecular weight excluding hydrogens is 152 g/mol. The van der Waals surface area contributed by atoms with Crippen LogP contribution in [0.3, 0.4) is 0 Å². The molecule has 2 nitrogen and oxygen atoms in total. The smallest absolute Gasteiger partial charge is 0.119 e. The van der Waals surface area contributed by atoms with E-state index < -0.39 is 0 Å². The van der Waals surface area contributed by atoms with E-state index in [1.165, 1.54) is 6.42 Å². The van der Waals surface area contributed by atoms with E-state index in [9.17, 15) is 0 Å². The van der Waals surface area contributed by atoms with Gasteiger partial charge in [-0.15, -0.1) is 0 Å². The number of hydrogen-bond acceptors (Lipinski definition) is 2. The molecule has 2 heteroatoms. The fourth-order valence-electron chi connectivity index (χ4n) is 0.716. The largest absolute Gasteiger partial charge is 0.376 e. The van der Waals surface area contributed by atoms with Crippen molar-refractivity contribution in [2.45, 2.75) is 46.6 Å². The highest BCUT2D eigenvalue weighted by molar-refractivity contribution is 4.70. The molecule has 73 valence electrons. The summed E-state index contributed by atoms with van der Waals surface area (Å²) in [7, 11) is 0. The van der Waals surface area contributed by atoms with Crippen LogP contribution < -0.4 is 0 Å². The lowest BCUT2D eigenvalue weighted by Gasteiger charge is -2.13. The summed E-state index contributed by atoms with van der Waals surface area (Å²) in [4.78, 5) is 0. The first kappa shape index (κ1) is 11.9. The van der Waals surface area contributed by atoms with Crippen LogP contribution in [-0.2, 0) is 9.47 Å². The van der Waals surface area contributed by atoms with Crippen LogP contribution in [0.15, 0.2) is 0 Å². The fourth-order valence-corrected chi connectivity index (χ4v) is 0.716. The highest BCUT2D eigenvalue weighted by Gasteiger charge is 2.03. The number of ether oxygens (including phenoxy) is 2. The van der Waals surface area contributed by atoms with E-state index in [4.69, 9.17) is 9.47 Å². The third kappa shape index (κ3) is 8.02. The van der Waals surface area contributed by atoms with Crippen molar-refractivity contribution >= 4 is 0 Å². The van der Waals surface area contributed by atoms with Crippen molar-refractivity contribution in [1.29, 1.82) is 0 Å². The summed E-state index contributed by atoms with van der Waals surface area (Å²) in [6, 6.07) is 0. The Bertz CT molecular complexity index is 91.8. The molecule has 0 aliphatic rings. The van der Waals surface area contributed by atoms with Crippen molar-refractivity contribution in [2.75, 3.05) is 13.2 Å². The third-order valence-corrected chi connectivity index (χ3v) is 1.47. The Morgan fingerprint density at radius 1 is 1.33 bits per heavy atom. The first-order valence-corrected chi connectivity index (χ1v) is 4.73. The molecule has 0 aliphatic carbocycles. The molecule has 0 saturated heterocycles. The predicted octanol–water partition coefficient (Wildman–Crippen LogP) is 2.78. The minimum absolute atomic E-state index is 0.287. The zero-order valence-corrected chi connectivity index (χ0v) is 8.72. The van der Waals surface area contributed by atoms with E-state index in [1.807, 2.05) is 20.8 Å². The molecular formula is C10H21O2. The quantitative estimate of drug-likeness (QED) is 0.551. The number of rotatable bonds is 7. The number of hydrogen-bond donors (Lipinski definition) is 0. The van der Waals surface area contributed by atoms with Crippen molar-refractivity contribution in [1.82, 2.24) is 0 Å². The normalized spacial score (nSPS) is 11.5. The van der Waals surface area contributed by atoms with Crippen LogP contribution in [0.2, 0.25) is 0 Å². The van der Waals surface area contributed by atoms with Gasteiger partial charge in [0.15, 0.2) is 0 Å². The van der Waals surface area contributed by atoms with Gasteiger partial charge in [0, 0.05) is 6.61 Å². The van der Waals surface area contributed by atoms with Crippen LogP contribution in [0.4, 0.5) is 0 Å². The summed E-state index contributed by atoms with van der Waals surface area (Å²) in [5.41, 5.74) is 0. The summed E-state index contributed by atoms with van der Waals surface area (Å²) in [6.07, 6.45) is 3.57. The second-order valence-electron chi connectivity index (χ2n) is 3.26. The molecule has 0 aromatic heterocycles. The third-order valence-electron chi connectivity index (χ3n) is 1.47. The van der Waals surface area contributed by atoms with Gasteiger partial charge in [0.2, 0.25) is 0 Å². The Morgan fingerprint density at radius 2 is 2.00 bits per heavy atom. The first-order chi connectivity index (χ1) is 5.66. The molecule has 0 rings (SSSR count). The van der Waals surface area contributed by atoms with E-state index in [1.54, 1.807) is 0 Å². The van der Waals surface area contributed by atoms with Crippen LogP contribution in [0.5, 0.6) is 0 Å². The second-order valence-corrected chi connectivity index (χ2v) is 3.26. The molecule has 0 unspecified atom stereocenters. The molecule has 1 radical (unpaired) electrons. The Kier molecular flexibility index (Phi) is 7.51. The van der Waals surface area contributed by atoms with Crippen molar-refractivity contribution in [2.24, 2.45) is 0 Å². The van der Waals surface area contributed by atoms with Gasteiger partial charge in [0.25, 0.3) is 0 Å². The Balaban J connectivity index is 3.15. The molecule has 0 heterocycles. The molecule has 0 atom stereocenters. The van der Waals surface area contributed by atoms with E-state index in [0.29, 0.717) is 6.61 Å². The van der Waals surface area contributed by atoms with Gasteiger partial charge < -0.3 is 9.47 Å². The monoisotopic (exact) mass is 173 g/mol. The Morgan fingerprint density at radius 3 is 2.50 bits per heavy atom. The second kappa shape index (κ2) is 7.56. The van der Waals surface area contributed by atoms with Gasteiger partial charge >= 0.3 is 0 Å². The average Bonchev–Trinajstić information content (AvgIpc) is 2.01. The molecule has 12 heavy (non-hydrogen) atoms. The molecule has 0 N–H and O–H groups in total. The molecule has 0 spiro atoms. The Labute approximate surface area is 76.3 Å². The van der Waals surface area contributed by atoms with Gasteiger partial charge in [0.1, 0.15) is 6.10 Å². The maximum Gasteiger partial charge on any atom is 0.119 e. The van der Waals surface area contributed by atoms with Gasteiger partial charge in [-0.3, -0.25) is 0 Å². The van der Waals surface area contributed by atoms with E-state index >= 15 is 0 Å². The summed E-state index contributed by atoms with van der Waals surface area (Å²) < 4.78 is 10.8. The van der Waals surface area contributed by atoms with Gasteiger partial charge in [0.05, 0.1) is 12.7 Å². The zero-order chi connectivity index (χ0) is 9.40. The van der Waals surface area contributed by atoms with Crippen LogP contribution in [0.25, 0.3) is 0 Å². The van der Waals surface area contributed by atoms with E-state index in [0.717, 1.165) is 19.1 Å². The highest BCUT2D eigenvalue weighted by atomic mass is 16.5. The summed E-state index contributed by atoms with van der Waals surface area (Å²) >= 11 is 0. The molecule has 0 aromatic rings. The van der Waals surface area contributed by atoms with Gasteiger partial charge in [-0.2, -0.15) is 0 Å². The first-order valence-electron chi connectivity index (χ1n) is 4.73. The topological polar surface area (TPSA) is 18.5 Å². The highest BCUT2D eigenvalue weighted by Crippen LogP contribution is 2.04. The summed E-state index contributed by atoms with van der Waals surface area (Å²) in [5, 5.41) is 0. The lowest BCUT2D eigenvalue weighted by Crippen LogP contribution is -2.12. The maximum absolute atomic E-state index is 5.42. The number of unbranched alkanes of at least 4 members (excludes halogenated alkanes) is 1. The minimum atomic E-state index is 0.287. The lowest BCUT2D eigenvalue weighted by molar-refractivity contribution is 0.0262. The maximum atomic E-state index is 5.42. The molecule has 0 aromatic carbocycles. The average molecular weight is 173 g/mol. The van der Waals surface area contributed by atoms with Gasteiger partial charge in [-0.05, 0) is 27.2 Å². The van der Waals surface area contributed by atoms with Crippen LogP contribution in [-0.4, -0.2) is 19.3 Å². The molecule has 0 saturated carbocycles. The van der Waals surface area contributed by atoms with E-state index in [-0.39, 0.29) is 6.10 Å².